The summed E-state index contributed by atoms with van der Waals surface area (Å²) in [6, 6.07) is 5.18. The van der Waals surface area contributed by atoms with Crippen LogP contribution in [0, 0.1) is 6.92 Å². The van der Waals surface area contributed by atoms with Gasteiger partial charge in [0.2, 0.25) is 0 Å². The first-order chi connectivity index (χ1) is 8.88. The number of aryl methyl sites for hydroxylation is 1. The minimum absolute atomic E-state index is 0.325. The number of esters is 1. The molecule has 0 aromatic heterocycles. The van der Waals surface area contributed by atoms with E-state index >= 15 is 0 Å². The van der Waals surface area contributed by atoms with E-state index in [2.05, 4.69) is 5.32 Å². The second-order valence-corrected chi connectivity index (χ2v) is 4.77. The van der Waals surface area contributed by atoms with E-state index in [-0.39, 0.29) is 6.61 Å². The molecule has 0 radical (unpaired) electrons. The average Bonchev–Trinajstić information content (AvgIpc) is 2.30. The molecule has 0 unspecified atom stereocenters. The van der Waals surface area contributed by atoms with Crippen molar-refractivity contribution < 1.29 is 14.3 Å². The number of hydrogen-bond donors (Lipinski definition) is 1. The van der Waals surface area contributed by atoms with Gasteiger partial charge in [0, 0.05) is 16.8 Å². The van der Waals surface area contributed by atoms with Crippen LogP contribution in [0.25, 0.3) is 0 Å². The van der Waals surface area contributed by atoms with Crippen LogP contribution in [0.15, 0.2) is 29.8 Å². The predicted molar refractivity (Wildman–Crippen MR) is 75.2 cm³/mol. The summed E-state index contributed by atoms with van der Waals surface area (Å²) in [5, 5.41) is 3.17. The van der Waals surface area contributed by atoms with Gasteiger partial charge in [-0.1, -0.05) is 23.2 Å². The molecular weight excluding hydrogens is 266 g/mol. The van der Waals surface area contributed by atoms with Crippen LogP contribution in [-0.2, 0) is 14.3 Å². The van der Waals surface area contributed by atoms with Gasteiger partial charge in [-0.25, -0.2) is 4.79 Å². The summed E-state index contributed by atoms with van der Waals surface area (Å²) in [7, 11) is 0. The lowest BCUT2D eigenvalue weighted by atomic mass is 10.2. The fraction of sp³-hybridized carbons (Fsp3) is 0.286. The third-order valence-electron chi connectivity index (χ3n) is 2.23. The van der Waals surface area contributed by atoms with Crippen LogP contribution in [0.1, 0.15) is 19.4 Å². The van der Waals surface area contributed by atoms with Gasteiger partial charge in [0.1, 0.15) is 0 Å². The van der Waals surface area contributed by atoms with Crippen LogP contribution in [0.4, 0.5) is 5.69 Å². The van der Waals surface area contributed by atoms with Gasteiger partial charge in [0.25, 0.3) is 5.91 Å². The molecule has 0 bridgehead atoms. The van der Waals surface area contributed by atoms with Crippen LogP contribution in [0.5, 0.6) is 0 Å². The summed E-state index contributed by atoms with van der Waals surface area (Å²) in [5.41, 5.74) is 2.31. The number of ether oxygens (including phenoxy) is 1. The maximum absolute atomic E-state index is 11.6. The molecule has 0 saturated carbocycles. The second kappa shape index (κ2) is 6.95. The SMILES string of the molecule is CC(C)=CC(=O)OCC(=O)Nc1cc(Cl)ccc1C. The Kier molecular flexibility index (Phi) is 5.57. The van der Waals surface area contributed by atoms with E-state index in [9.17, 15) is 9.59 Å². The van der Waals surface area contributed by atoms with Crippen LogP contribution in [0.2, 0.25) is 5.02 Å². The number of amides is 1. The van der Waals surface area contributed by atoms with Gasteiger partial charge in [0.05, 0.1) is 0 Å². The molecule has 1 rings (SSSR count). The van der Waals surface area contributed by atoms with Gasteiger partial charge in [0.15, 0.2) is 6.61 Å². The first kappa shape index (κ1) is 15.2. The van der Waals surface area contributed by atoms with Gasteiger partial charge in [-0.3, -0.25) is 4.79 Å². The normalized spacial score (nSPS) is 9.68. The Balaban J connectivity index is 2.54. The Labute approximate surface area is 117 Å². The Morgan fingerprint density at radius 2 is 2.05 bits per heavy atom. The maximum atomic E-state index is 11.6. The highest BCUT2D eigenvalue weighted by atomic mass is 35.5. The van der Waals surface area contributed by atoms with Crippen molar-refractivity contribution in [2.45, 2.75) is 20.8 Å². The van der Waals surface area contributed by atoms with Crippen molar-refractivity contribution in [2.24, 2.45) is 0 Å². The fourth-order valence-electron chi connectivity index (χ4n) is 1.33. The minimum atomic E-state index is -0.530. The number of carbonyl (C=O) groups excluding carboxylic acids is 2. The Hall–Kier alpha value is -1.81. The molecule has 4 nitrogen and oxygen atoms in total. The van der Waals surface area contributed by atoms with E-state index in [1.807, 2.05) is 6.92 Å². The van der Waals surface area contributed by atoms with E-state index in [4.69, 9.17) is 16.3 Å². The lowest BCUT2D eigenvalue weighted by Gasteiger charge is -2.08. The van der Waals surface area contributed by atoms with Crippen LogP contribution >= 0.6 is 11.6 Å². The van der Waals surface area contributed by atoms with Crippen molar-refractivity contribution in [2.75, 3.05) is 11.9 Å². The van der Waals surface area contributed by atoms with E-state index in [0.29, 0.717) is 10.7 Å². The summed E-state index contributed by atoms with van der Waals surface area (Å²) in [4.78, 5) is 22.8. The van der Waals surface area contributed by atoms with E-state index < -0.39 is 11.9 Å². The van der Waals surface area contributed by atoms with E-state index in [1.54, 1.807) is 32.0 Å². The van der Waals surface area contributed by atoms with Crippen molar-refractivity contribution in [3.63, 3.8) is 0 Å². The highest BCUT2D eigenvalue weighted by Gasteiger charge is 2.08. The van der Waals surface area contributed by atoms with E-state index in [1.165, 1.54) is 6.08 Å². The van der Waals surface area contributed by atoms with Gasteiger partial charge >= 0.3 is 5.97 Å². The molecule has 0 aliphatic heterocycles. The van der Waals surface area contributed by atoms with Crippen LogP contribution < -0.4 is 5.32 Å². The summed E-state index contributed by atoms with van der Waals surface area (Å²) in [5.74, 6) is -0.932. The quantitative estimate of drug-likeness (QED) is 0.681. The second-order valence-electron chi connectivity index (χ2n) is 4.34. The molecule has 0 aliphatic rings. The third-order valence-corrected chi connectivity index (χ3v) is 2.46. The van der Waals surface area contributed by atoms with Crippen molar-refractivity contribution in [1.29, 1.82) is 0 Å². The standard InChI is InChI=1S/C14H16ClNO3/c1-9(2)6-14(18)19-8-13(17)16-12-7-11(15)5-4-10(12)3/h4-7H,8H2,1-3H3,(H,16,17). The number of carbonyl (C=O) groups is 2. The molecular formula is C14H16ClNO3. The van der Waals surface area contributed by atoms with Crippen molar-refractivity contribution in [3.8, 4) is 0 Å². The summed E-state index contributed by atoms with van der Waals surface area (Å²) in [6.07, 6.45) is 1.33. The van der Waals surface area contributed by atoms with Gasteiger partial charge in [-0.05, 0) is 38.5 Å². The van der Waals surface area contributed by atoms with Crippen molar-refractivity contribution in [1.82, 2.24) is 0 Å². The number of benzene rings is 1. The Morgan fingerprint density at radius 1 is 1.37 bits per heavy atom. The maximum Gasteiger partial charge on any atom is 0.331 e. The lowest BCUT2D eigenvalue weighted by Crippen LogP contribution is -2.20. The minimum Gasteiger partial charge on any atom is -0.452 e. The highest BCUT2D eigenvalue weighted by molar-refractivity contribution is 6.31. The number of allylic oxidation sites excluding steroid dienone is 1. The van der Waals surface area contributed by atoms with Gasteiger partial charge in [-0.15, -0.1) is 0 Å². The number of anilines is 1. The van der Waals surface area contributed by atoms with Crippen molar-refractivity contribution in [3.05, 3.63) is 40.4 Å². The number of rotatable bonds is 4. The molecule has 0 atom stereocenters. The molecule has 19 heavy (non-hydrogen) atoms. The molecule has 0 heterocycles. The van der Waals surface area contributed by atoms with Crippen molar-refractivity contribution >= 4 is 29.2 Å². The molecule has 1 aromatic rings. The van der Waals surface area contributed by atoms with Crippen LogP contribution in [-0.4, -0.2) is 18.5 Å². The molecule has 1 aromatic carbocycles. The zero-order valence-corrected chi connectivity index (χ0v) is 11.9. The molecule has 1 amide bonds. The summed E-state index contributed by atoms with van der Waals surface area (Å²) < 4.78 is 4.80. The molecule has 0 saturated heterocycles. The Morgan fingerprint density at radius 3 is 2.68 bits per heavy atom. The molecule has 5 heteroatoms. The fourth-order valence-corrected chi connectivity index (χ4v) is 1.50. The highest BCUT2D eigenvalue weighted by Crippen LogP contribution is 2.19. The largest absolute Gasteiger partial charge is 0.452 e. The first-order valence-corrected chi connectivity index (χ1v) is 6.14. The zero-order chi connectivity index (χ0) is 14.4. The summed E-state index contributed by atoms with van der Waals surface area (Å²) >= 11 is 5.84. The lowest BCUT2D eigenvalue weighted by molar-refractivity contribution is -0.142. The zero-order valence-electron chi connectivity index (χ0n) is 11.1. The van der Waals surface area contributed by atoms with Crippen LogP contribution in [0.3, 0.4) is 0 Å². The average molecular weight is 282 g/mol. The number of nitrogens with one attached hydrogen (secondary N) is 1. The number of halogens is 1. The predicted octanol–water partition coefficient (Wildman–Crippen LogP) is 3.10. The molecule has 1 N–H and O–H groups in total. The molecule has 102 valence electrons. The monoisotopic (exact) mass is 281 g/mol. The van der Waals surface area contributed by atoms with E-state index in [0.717, 1.165) is 11.1 Å². The van der Waals surface area contributed by atoms with Gasteiger partial charge in [-0.2, -0.15) is 0 Å². The summed E-state index contributed by atoms with van der Waals surface area (Å²) in [6.45, 7) is 5.07. The molecule has 0 spiro atoms. The topological polar surface area (TPSA) is 55.4 Å². The van der Waals surface area contributed by atoms with Gasteiger partial charge < -0.3 is 10.1 Å². The molecule has 0 fully saturated rings. The smallest absolute Gasteiger partial charge is 0.331 e. The molecule has 0 aliphatic carbocycles. The third kappa shape index (κ3) is 5.57. The number of hydrogen-bond acceptors (Lipinski definition) is 3. The first-order valence-electron chi connectivity index (χ1n) is 5.76. The Bertz CT molecular complexity index is 519.